The van der Waals surface area contributed by atoms with Crippen molar-refractivity contribution in [3.05, 3.63) is 41.9 Å². The molecule has 6 nitrogen and oxygen atoms in total. The number of nitrogens with zero attached hydrogens (tertiary/aromatic N) is 3. The molecule has 1 atom stereocenters. The third kappa shape index (κ3) is 3.47. The first-order valence-electron chi connectivity index (χ1n) is 8.17. The topological polar surface area (TPSA) is 67.2 Å². The summed E-state index contributed by atoms with van der Waals surface area (Å²) in [6.45, 7) is 6.17. The lowest BCUT2D eigenvalue weighted by Gasteiger charge is -2.21. The number of para-hydroxylation sites is 1. The van der Waals surface area contributed by atoms with Crippen molar-refractivity contribution in [2.45, 2.75) is 25.3 Å². The minimum atomic E-state index is -3.54. The highest BCUT2D eigenvalue weighted by Gasteiger charge is 2.26. The van der Waals surface area contributed by atoms with E-state index in [1.807, 2.05) is 12.1 Å². The Morgan fingerprint density at radius 2 is 2.04 bits per heavy atom. The molecule has 1 aliphatic heterocycles. The Hall–Kier alpha value is -1.86. The summed E-state index contributed by atoms with van der Waals surface area (Å²) < 4.78 is 29.1. The molecule has 7 heteroatoms. The summed E-state index contributed by atoms with van der Waals surface area (Å²) in [6.07, 6.45) is 2.53. The Labute approximate surface area is 143 Å². The van der Waals surface area contributed by atoms with Crippen LogP contribution in [0, 0.1) is 19.8 Å². The minimum Gasteiger partial charge on any atom is -0.371 e. The van der Waals surface area contributed by atoms with Gasteiger partial charge >= 0.3 is 0 Å². The molecule has 1 N–H and O–H groups in total. The van der Waals surface area contributed by atoms with Gasteiger partial charge in [0.25, 0.3) is 10.0 Å². The molecule has 2 heterocycles. The number of hydrogen-bond acceptors (Lipinski definition) is 4. The molecule has 1 aliphatic rings. The number of rotatable bonds is 5. The van der Waals surface area contributed by atoms with Crippen molar-refractivity contribution in [3.8, 4) is 0 Å². The van der Waals surface area contributed by atoms with Gasteiger partial charge in [0.05, 0.1) is 0 Å². The summed E-state index contributed by atoms with van der Waals surface area (Å²) in [5, 5.41) is 0.0938. The molecule has 1 aromatic heterocycles. The zero-order valence-electron chi connectivity index (χ0n) is 14.4. The molecule has 0 amide bonds. The highest BCUT2D eigenvalue weighted by Crippen LogP contribution is 2.26. The van der Waals surface area contributed by atoms with Crippen molar-refractivity contribution in [2.24, 2.45) is 13.0 Å². The van der Waals surface area contributed by atoms with E-state index in [0.717, 1.165) is 19.5 Å². The number of aromatic nitrogens is 2. The monoisotopic (exact) mass is 348 g/mol. The van der Waals surface area contributed by atoms with Crippen LogP contribution in [0.2, 0.25) is 0 Å². The van der Waals surface area contributed by atoms with Gasteiger partial charge in [-0.05, 0) is 37.8 Å². The van der Waals surface area contributed by atoms with Gasteiger partial charge < -0.3 is 9.47 Å². The molecular weight excluding hydrogens is 324 g/mol. The van der Waals surface area contributed by atoms with E-state index in [2.05, 4.69) is 33.7 Å². The quantitative estimate of drug-likeness (QED) is 0.895. The normalized spacial score (nSPS) is 18.3. The molecule has 130 valence electrons. The number of hydrogen-bond donors (Lipinski definition) is 1. The van der Waals surface area contributed by atoms with Gasteiger partial charge in [-0.25, -0.2) is 18.1 Å². The molecule has 0 saturated carbocycles. The molecule has 0 spiro atoms. The highest BCUT2D eigenvalue weighted by atomic mass is 32.2. The largest absolute Gasteiger partial charge is 0.371 e. The highest BCUT2D eigenvalue weighted by molar-refractivity contribution is 7.89. The smallest absolute Gasteiger partial charge is 0.259 e. The maximum atomic E-state index is 12.4. The van der Waals surface area contributed by atoms with E-state index in [9.17, 15) is 8.42 Å². The Kier molecular flexibility index (Phi) is 4.64. The summed E-state index contributed by atoms with van der Waals surface area (Å²) in [6, 6.07) is 8.31. The van der Waals surface area contributed by atoms with Crippen LogP contribution in [0.25, 0.3) is 0 Å². The average Bonchev–Trinajstić information content (AvgIpc) is 3.14. The van der Waals surface area contributed by atoms with Gasteiger partial charge in [-0.2, -0.15) is 0 Å². The predicted octanol–water partition coefficient (Wildman–Crippen LogP) is 1.84. The number of sulfonamides is 1. The molecule has 3 rings (SSSR count). The summed E-state index contributed by atoms with van der Waals surface area (Å²) in [5.74, 6) is 0.992. The van der Waals surface area contributed by atoms with Crippen LogP contribution in [-0.4, -0.2) is 37.6 Å². The standard InChI is InChI=1S/C17H24N4O2S/c1-13-6-4-5-7-16(13)21-9-8-15(11-21)10-18-24(22,23)17-12-20(3)14(2)19-17/h4-7,12,15,18H,8-11H2,1-3H3. The maximum absolute atomic E-state index is 12.4. The Morgan fingerprint density at radius 1 is 1.29 bits per heavy atom. The molecular formula is C17H24N4O2S. The maximum Gasteiger partial charge on any atom is 0.259 e. The average molecular weight is 348 g/mol. The second kappa shape index (κ2) is 6.57. The van der Waals surface area contributed by atoms with Crippen LogP contribution in [-0.2, 0) is 17.1 Å². The number of nitrogens with one attached hydrogen (secondary N) is 1. The third-order valence-electron chi connectivity index (χ3n) is 4.67. The lowest BCUT2D eigenvalue weighted by molar-refractivity contribution is 0.539. The van der Waals surface area contributed by atoms with Gasteiger partial charge in [0.15, 0.2) is 5.03 Å². The first-order valence-corrected chi connectivity index (χ1v) is 9.65. The van der Waals surface area contributed by atoms with E-state index in [0.29, 0.717) is 18.3 Å². The van der Waals surface area contributed by atoms with Crippen LogP contribution in [0.3, 0.4) is 0 Å². The Morgan fingerprint density at radius 3 is 2.71 bits per heavy atom. The molecule has 1 aromatic carbocycles. The van der Waals surface area contributed by atoms with E-state index in [1.165, 1.54) is 11.3 Å². The lowest BCUT2D eigenvalue weighted by Crippen LogP contribution is -2.31. The first-order chi connectivity index (χ1) is 11.4. The zero-order chi connectivity index (χ0) is 17.3. The van der Waals surface area contributed by atoms with E-state index in [4.69, 9.17) is 0 Å². The van der Waals surface area contributed by atoms with Crippen LogP contribution in [0.5, 0.6) is 0 Å². The van der Waals surface area contributed by atoms with E-state index in [-0.39, 0.29) is 5.03 Å². The van der Waals surface area contributed by atoms with Crippen LogP contribution in [0.15, 0.2) is 35.5 Å². The van der Waals surface area contributed by atoms with Gasteiger partial charge in [-0.15, -0.1) is 0 Å². The van der Waals surface area contributed by atoms with E-state index >= 15 is 0 Å². The lowest BCUT2D eigenvalue weighted by atomic mass is 10.1. The van der Waals surface area contributed by atoms with Gasteiger partial charge in [0, 0.05) is 38.6 Å². The van der Waals surface area contributed by atoms with Crippen LogP contribution in [0.1, 0.15) is 17.8 Å². The second-order valence-electron chi connectivity index (χ2n) is 6.48. The number of imidazole rings is 1. The number of benzene rings is 1. The molecule has 0 aliphatic carbocycles. The second-order valence-corrected chi connectivity index (χ2v) is 8.19. The molecule has 2 aromatic rings. The summed E-state index contributed by atoms with van der Waals surface area (Å²) in [5.41, 5.74) is 2.49. The fraction of sp³-hybridized carbons (Fsp3) is 0.471. The van der Waals surface area contributed by atoms with Gasteiger partial charge in [0.1, 0.15) is 5.82 Å². The Bertz CT molecular complexity index is 809. The van der Waals surface area contributed by atoms with Crippen molar-refractivity contribution in [2.75, 3.05) is 24.5 Å². The third-order valence-corrected chi connectivity index (χ3v) is 5.96. The molecule has 1 unspecified atom stereocenters. The summed E-state index contributed by atoms with van der Waals surface area (Å²) in [4.78, 5) is 6.44. The van der Waals surface area contributed by atoms with Crippen LogP contribution < -0.4 is 9.62 Å². The fourth-order valence-electron chi connectivity index (χ4n) is 3.09. The molecule has 1 fully saturated rings. The van der Waals surface area contributed by atoms with Gasteiger partial charge in [-0.1, -0.05) is 18.2 Å². The minimum absolute atomic E-state index is 0.0938. The van der Waals surface area contributed by atoms with Crippen molar-refractivity contribution < 1.29 is 8.42 Å². The van der Waals surface area contributed by atoms with Crippen molar-refractivity contribution >= 4 is 15.7 Å². The van der Waals surface area contributed by atoms with E-state index in [1.54, 1.807) is 24.7 Å². The summed E-state index contributed by atoms with van der Waals surface area (Å²) >= 11 is 0. The van der Waals surface area contributed by atoms with Crippen molar-refractivity contribution in [1.82, 2.24) is 14.3 Å². The van der Waals surface area contributed by atoms with E-state index < -0.39 is 10.0 Å². The summed E-state index contributed by atoms with van der Waals surface area (Å²) in [7, 11) is -1.75. The Balaban J connectivity index is 1.61. The van der Waals surface area contributed by atoms with Crippen molar-refractivity contribution in [1.29, 1.82) is 0 Å². The van der Waals surface area contributed by atoms with Gasteiger partial charge in [0.2, 0.25) is 0 Å². The van der Waals surface area contributed by atoms with Crippen molar-refractivity contribution in [3.63, 3.8) is 0 Å². The SMILES string of the molecule is Cc1ccccc1N1CCC(CNS(=O)(=O)c2cn(C)c(C)n2)C1. The molecule has 24 heavy (non-hydrogen) atoms. The molecule has 1 saturated heterocycles. The van der Waals surface area contributed by atoms with Crippen LogP contribution in [0.4, 0.5) is 5.69 Å². The van der Waals surface area contributed by atoms with Crippen LogP contribution >= 0.6 is 0 Å². The fourth-order valence-corrected chi connectivity index (χ4v) is 4.25. The molecule has 0 radical (unpaired) electrons. The number of anilines is 1. The first kappa shape index (κ1) is 17.0. The zero-order valence-corrected chi connectivity index (χ0v) is 15.2. The molecule has 0 bridgehead atoms. The van der Waals surface area contributed by atoms with Gasteiger partial charge in [-0.3, -0.25) is 0 Å². The number of aryl methyl sites for hydroxylation is 3. The predicted molar refractivity (Wildman–Crippen MR) is 94.6 cm³/mol.